The highest BCUT2D eigenvalue weighted by Crippen LogP contribution is 2.22. The standard InChI is InChI=1S/C22H28N4O4/c1-4-12-26(15-21(28)25-18-10-5-6-11-19(18)30-3)14-20(27)24-17-9-7-8-16(13-17)22(29)23-2/h5-11,13H,4,12,14-15H2,1-3H3,(H,23,29)(H,24,27)(H,25,28). The molecular formula is C22H28N4O4. The number of ether oxygens (including phenoxy) is 1. The fourth-order valence-electron chi connectivity index (χ4n) is 2.96. The van der Waals surface area contributed by atoms with Gasteiger partial charge in [0.25, 0.3) is 5.91 Å². The summed E-state index contributed by atoms with van der Waals surface area (Å²) in [4.78, 5) is 38.5. The number of nitrogens with one attached hydrogen (secondary N) is 3. The molecule has 2 aromatic rings. The molecule has 0 spiro atoms. The number of anilines is 2. The van der Waals surface area contributed by atoms with E-state index in [9.17, 15) is 14.4 Å². The number of nitrogens with zero attached hydrogens (tertiary/aromatic N) is 1. The van der Waals surface area contributed by atoms with Crippen molar-refractivity contribution in [3.8, 4) is 5.75 Å². The van der Waals surface area contributed by atoms with E-state index in [0.717, 1.165) is 6.42 Å². The number of rotatable bonds is 10. The predicted molar refractivity (Wildman–Crippen MR) is 117 cm³/mol. The Morgan fingerprint density at radius 2 is 1.67 bits per heavy atom. The lowest BCUT2D eigenvalue weighted by atomic mass is 10.2. The molecular weight excluding hydrogens is 384 g/mol. The number of hydrogen-bond acceptors (Lipinski definition) is 5. The lowest BCUT2D eigenvalue weighted by Crippen LogP contribution is -2.39. The smallest absolute Gasteiger partial charge is 0.251 e. The maximum absolute atomic E-state index is 12.5. The average molecular weight is 412 g/mol. The quantitative estimate of drug-likeness (QED) is 0.556. The minimum Gasteiger partial charge on any atom is -0.495 e. The van der Waals surface area contributed by atoms with E-state index in [1.165, 1.54) is 7.11 Å². The Morgan fingerprint density at radius 1 is 0.967 bits per heavy atom. The van der Waals surface area contributed by atoms with Crippen LogP contribution in [0.2, 0.25) is 0 Å². The lowest BCUT2D eigenvalue weighted by Gasteiger charge is -2.21. The molecule has 2 aromatic carbocycles. The second-order valence-corrected chi connectivity index (χ2v) is 6.67. The molecule has 0 bridgehead atoms. The fourth-order valence-corrected chi connectivity index (χ4v) is 2.96. The molecule has 0 aromatic heterocycles. The zero-order valence-electron chi connectivity index (χ0n) is 17.5. The number of benzene rings is 2. The average Bonchev–Trinajstić information content (AvgIpc) is 2.73. The van der Waals surface area contributed by atoms with Gasteiger partial charge in [0.1, 0.15) is 5.75 Å². The Kier molecular flexibility index (Phi) is 8.83. The lowest BCUT2D eigenvalue weighted by molar-refractivity contribution is -0.120. The van der Waals surface area contributed by atoms with Gasteiger partial charge < -0.3 is 20.7 Å². The van der Waals surface area contributed by atoms with E-state index in [2.05, 4.69) is 16.0 Å². The first-order valence-electron chi connectivity index (χ1n) is 9.74. The third-order valence-electron chi connectivity index (χ3n) is 4.29. The number of amides is 3. The van der Waals surface area contributed by atoms with Crippen LogP contribution < -0.4 is 20.7 Å². The van der Waals surface area contributed by atoms with Crippen LogP contribution in [0.1, 0.15) is 23.7 Å². The van der Waals surface area contributed by atoms with Crippen LogP contribution in [0.5, 0.6) is 5.75 Å². The zero-order chi connectivity index (χ0) is 21.9. The molecule has 0 heterocycles. The molecule has 0 fully saturated rings. The topological polar surface area (TPSA) is 99.8 Å². The van der Waals surface area contributed by atoms with Crippen LogP contribution in [0.3, 0.4) is 0 Å². The van der Waals surface area contributed by atoms with Crippen molar-refractivity contribution in [1.29, 1.82) is 0 Å². The summed E-state index contributed by atoms with van der Waals surface area (Å²) in [6.07, 6.45) is 0.793. The minimum atomic E-state index is -0.261. The van der Waals surface area contributed by atoms with Crippen LogP contribution in [-0.4, -0.2) is 56.4 Å². The molecule has 3 amide bonds. The Hall–Kier alpha value is -3.39. The van der Waals surface area contributed by atoms with Crippen LogP contribution in [0.25, 0.3) is 0 Å². The van der Waals surface area contributed by atoms with Crippen molar-refractivity contribution in [1.82, 2.24) is 10.2 Å². The maximum Gasteiger partial charge on any atom is 0.251 e. The third-order valence-corrected chi connectivity index (χ3v) is 4.29. The first-order valence-corrected chi connectivity index (χ1v) is 9.74. The van der Waals surface area contributed by atoms with E-state index in [1.54, 1.807) is 48.3 Å². The van der Waals surface area contributed by atoms with Gasteiger partial charge in [-0.25, -0.2) is 0 Å². The Labute approximate surface area is 176 Å². The van der Waals surface area contributed by atoms with E-state index >= 15 is 0 Å². The highest BCUT2D eigenvalue weighted by molar-refractivity contribution is 5.98. The summed E-state index contributed by atoms with van der Waals surface area (Å²) < 4.78 is 5.24. The van der Waals surface area contributed by atoms with Crippen molar-refractivity contribution in [2.24, 2.45) is 0 Å². The summed E-state index contributed by atoms with van der Waals surface area (Å²) >= 11 is 0. The first-order chi connectivity index (χ1) is 14.5. The highest BCUT2D eigenvalue weighted by atomic mass is 16.5. The largest absolute Gasteiger partial charge is 0.495 e. The van der Waals surface area contributed by atoms with Gasteiger partial charge in [-0.3, -0.25) is 19.3 Å². The molecule has 0 atom stereocenters. The summed E-state index contributed by atoms with van der Waals surface area (Å²) in [6, 6.07) is 13.8. The molecule has 30 heavy (non-hydrogen) atoms. The summed E-state index contributed by atoms with van der Waals surface area (Å²) in [7, 11) is 3.09. The summed E-state index contributed by atoms with van der Waals surface area (Å²) in [6.45, 7) is 2.69. The molecule has 0 aliphatic heterocycles. The van der Waals surface area contributed by atoms with Crippen molar-refractivity contribution in [3.63, 3.8) is 0 Å². The van der Waals surface area contributed by atoms with Gasteiger partial charge >= 0.3 is 0 Å². The van der Waals surface area contributed by atoms with E-state index in [4.69, 9.17) is 4.74 Å². The Bertz CT molecular complexity index is 885. The number of hydrogen-bond donors (Lipinski definition) is 3. The van der Waals surface area contributed by atoms with Gasteiger partial charge in [-0.05, 0) is 43.3 Å². The Balaban J connectivity index is 1.96. The van der Waals surface area contributed by atoms with Gasteiger partial charge in [0, 0.05) is 18.3 Å². The molecule has 8 heteroatoms. The van der Waals surface area contributed by atoms with Crippen molar-refractivity contribution in [3.05, 3.63) is 54.1 Å². The fraction of sp³-hybridized carbons (Fsp3) is 0.318. The van der Waals surface area contributed by atoms with Gasteiger partial charge in [0.15, 0.2) is 0 Å². The van der Waals surface area contributed by atoms with Gasteiger partial charge in [0.05, 0.1) is 25.9 Å². The van der Waals surface area contributed by atoms with Crippen molar-refractivity contribution in [2.75, 3.05) is 44.4 Å². The van der Waals surface area contributed by atoms with Gasteiger partial charge in [-0.15, -0.1) is 0 Å². The number of carbonyl (C=O) groups excluding carboxylic acids is 3. The van der Waals surface area contributed by atoms with Crippen molar-refractivity contribution < 1.29 is 19.1 Å². The van der Waals surface area contributed by atoms with Gasteiger partial charge in [-0.1, -0.05) is 25.1 Å². The van der Waals surface area contributed by atoms with Crippen LogP contribution >= 0.6 is 0 Å². The van der Waals surface area contributed by atoms with Crippen LogP contribution in [0.15, 0.2) is 48.5 Å². The Morgan fingerprint density at radius 3 is 2.33 bits per heavy atom. The number of carbonyl (C=O) groups is 3. The maximum atomic E-state index is 12.5. The molecule has 0 saturated carbocycles. The number of methoxy groups -OCH3 is 1. The van der Waals surface area contributed by atoms with Crippen molar-refractivity contribution in [2.45, 2.75) is 13.3 Å². The first kappa shape index (κ1) is 22.9. The van der Waals surface area contributed by atoms with E-state index in [0.29, 0.717) is 29.2 Å². The molecule has 0 aliphatic carbocycles. The van der Waals surface area contributed by atoms with Crippen LogP contribution in [0.4, 0.5) is 11.4 Å². The summed E-state index contributed by atoms with van der Waals surface area (Å²) in [5, 5.41) is 8.14. The minimum absolute atomic E-state index is 0.0530. The predicted octanol–water partition coefficient (Wildman–Crippen LogP) is 2.34. The van der Waals surface area contributed by atoms with Gasteiger partial charge in [-0.2, -0.15) is 0 Å². The summed E-state index contributed by atoms with van der Waals surface area (Å²) in [5.41, 5.74) is 1.56. The van der Waals surface area contributed by atoms with E-state index in [-0.39, 0.29) is 30.8 Å². The van der Waals surface area contributed by atoms with E-state index < -0.39 is 0 Å². The van der Waals surface area contributed by atoms with E-state index in [1.807, 2.05) is 19.1 Å². The molecule has 0 unspecified atom stereocenters. The number of para-hydroxylation sites is 2. The molecule has 8 nitrogen and oxygen atoms in total. The summed E-state index contributed by atoms with van der Waals surface area (Å²) in [5.74, 6) is -0.154. The second kappa shape index (κ2) is 11.6. The molecule has 160 valence electrons. The normalized spacial score (nSPS) is 10.4. The molecule has 0 radical (unpaired) electrons. The molecule has 0 saturated heterocycles. The van der Waals surface area contributed by atoms with Crippen molar-refractivity contribution >= 4 is 29.1 Å². The molecule has 0 aliphatic rings. The molecule has 3 N–H and O–H groups in total. The molecule has 2 rings (SSSR count). The third kappa shape index (κ3) is 6.89. The van der Waals surface area contributed by atoms with Gasteiger partial charge in [0.2, 0.25) is 11.8 Å². The SMILES string of the molecule is CCCN(CC(=O)Nc1cccc(C(=O)NC)c1)CC(=O)Nc1ccccc1OC. The zero-order valence-corrected chi connectivity index (χ0v) is 17.5. The highest BCUT2D eigenvalue weighted by Gasteiger charge is 2.16. The second-order valence-electron chi connectivity index (χ2n) is 6.67. The van der Waals surface area contributed by atoms with Crippen LogP contribution in [0, 0.1) is 0 Å². The monoisotopic (exact) mass is 412 g/mol. The van der Waals surface area contributed by atoms with Crippen LogP contribution in [-0.2, 0) is 9.59 Å².